The van der Waals surface area contributed by atoms with E-state index in [1.54, 1.807) is 23.1 Å². The Morgan fingerprint density at radius 1 is 0.958 bits per heavy atom. The van der Waals surface area contributed by atoms with Gasteiger partial charge in [-0.3, -0.25) is 5.43 Å². The maximum atomic E-state index is 6.02. The van der Waals surface area contributed by atoms with E-state index in [1.165, 1.54) is 17.3 Å². The molecule has 9 nitrogen and oxygen atoms in total. The SMILES string of the molecule is CN(C)c1nc(Nc2ccc(Cl)c(Cl)c2)nc(Nn2cnnc2)n1. The van der Waals surface area contributed by atoms with Crippen LogP contribution in [0.5, 0.6) is 0 Å². The number of hydrogen-bond acceptors (Lipinski definition) is 8. The number of halogens is 2. The molecule has 1 aromatic carbocycles. The predicted molar refractivity (Wildman–Crippen MR) is 92.9 cm³/mol. The molecule has 11 heteroatoms. The van der Waals surface area contributed by atoms with Gasteiger partial charge in [0.2, 0.25) is 17.8 Å². The van der Waals surface area contributed by atoms with Gasteiger partial charge in [0.15, 0.2) is 0 Å². The van der Waals surface area contributed by atoms with E-state index < -0.39 is 0 Å². The lowest BCUT2D eigenvalue weighted by Gasteiger charge is -2.14. The first-order valence-electron chi connectivity index (χ1n) is 6.78. The van der Waals surface area contributed by atoms with Crippen molar-refractivity contribution in [2.75, 3.05) is 29.7 Å². The second-order valence-corrected chi connectivity index (χ2v) is 5.73. The van der Waals surface area contributed by atoms with Crippen LogP contribution < -0.4 is 15.6 Å². The molecule has 2 aromatic heterocycles. The van der Waals surface area contributed by atoms with Crippen molar-refractivity contribution >= 4 is 46.7 Å². The maximum Gasteiger partial charge on any atom is 0.248 e. The van der Waals surface area contributed by atoms with Gasteiger partial charge in [-0.2, -0.15) is 15.0 Å². The van der Waals surface area contributed by atoms with Gasteiger partial charge in [0.25, 0.3) is 0 Å². The van der Waals surface area contributed by atoms with E-state index in [0.29, 0.717) is 33.6 Å². The Kier molecular flexibility index (Phi) is 4.63. The van der Waals surface area contributed by atoms with Crippen LogP contribution >= 0.6 is 23.2 Å². The lowest BCUT2D eigenvalue weighted by molar-refractivity contribution is 0.887. The third-order valence-corrected chi connectivity index (χ3v) is 3.59. The minimum atomic E-state index is 0.330. The molecule has 0 radical (unpaired) electrons. The zero-order valence-corrected chi connectivity index (χ0v) is 14.3. The highest BCUT2D eigenvalue weighted by atomic mass is 35.5. The van der Waals surface area contributed by atoms with Gasteiger partial charge in [-0.1, -0.05) is 23.2 Å². The maximum absolute atomic E-state index is 6.02. The molecule has 3 rings (SSSR count). The molecule has 24 heavy (non-hydrogen) atoms. The lowest BCUT2D eigenvalue weighted by atomic mass is 10.3. The van der Waals surface area contributed by atoms with Crippen LogP contribution in [0.1, 0.15) is 0 Å². The number of benzene rings is 1. The van der Waals surface area contributed by atoms with Crippen molar-refractivity contribution in [3.8, 4) is 0 Å². The van der Waals surface area contributed by atoms with E-state index in [4.69, 9.17) is 23.2 Å². The second kappa shape index (κ2) is 6.85. The van der Waals surface area contributed by atoms with Gasteiger partial charge in [-0.25, -0.2) is 4.68 Å². The average Bonchev–Trinajstić information content (AvgIpc) is 3.03. The second-order valence-electron chi connectivity index (χ2n) is 4.91. The Morgan fingerprint density at radius 3 is 2.33 bits per heavy atom. The summed E-state index contributed by atoms with van der Waals surface area (Å²) in [4.78, 5) is 14.7. The molecule has 0 saturated heterocycles. The van der Waals surface area contributed by atoms with E-state index in [1.807, 2.05) is 14.1 Å². The first-order chi connectivity index (χ1) is 11.5. The number of nitrogens with zero attached hydrogens (tertiary/aromatic N) is 7. The van der Waals surface area contributed by atoms with Crippen LogP contribution in [0.3, 0.4) is 0 Å². The average molecular weight is 366 g/mol. The largest absolute Gasteiger partial charge is 0.347 e. The Bertz CT molecular complexity index is 835. The van der Waals surface area contributed by atoms with Crippen molar-refractivity contribution in [2.45, 2.75) is 0 Å². The number of anilines is 4. The van der Waals surface area contributed by atoms with E-state index in [-0.39, 0.29) is 0 Å². The smallest absolute Gasteiger partial charge is 0.248 e. The summed E-state index contributed by atoms with van der Waals surface area (Å²) in [6, 6.07) is 5.16. The molecule has 2 N–H and O–H groups in total. The highest BCUT2D eigenvalue weighted by Crippen LogP contribution is 2.26. The highest BCUT2D eigenvalue weighted by Gasteiger charge is 2.10. The van der Waals surface area contributed by atoms with Gasteiger partial charge in [-0.15, -0.1) is 10.2 Å². The van der Waals surface area contributed by atoms with E-state index >= 15 is 0 Å². The first-order valence-corrected chi connectivity index (χ1v) is 7.54. The number of hydrogen-bond donors (Lipinski definition) is 2. The van der Waals surface area contributed by atoms with E-state index in [2.05, 4.69) is 35.9 Å². The summed E-state index contributed by atoms with van der Waals surface area (Å²) in [5.74, 6) is 1.15. The molecule has 124 valence electrons. The summed E-state index contributed by atoms with van der Waals surface area (Å²) < 4.78 is 1.53. The summed E-state index contributed by atoms with van der Waals surface area (Å²) in [7, 11) is 3.67. The fraction of sp³-hybridized carbons (Fsp3) is 0.154. The number of aromatic nitrogens is 6. The molecule has 3 aromatic rings. The van der Waals surface area contributed by atoms with E-state index in [0.717, 1.165) is 0 Å². The molecule has 0 bridgehead atoms. The van der Waals surface area contributed by atoms with Crippen molar-refractivity contribution < 1.29 is 0 Å². The minimum Gasteiger partial charge on any atom is -0.347 e. The van der Waals surface area contributed by atoms with Crippen molar-refractivity contribution in [2.24, 2.45) is 0 Å². The number of rotatable bonds is 5. The highest BCUT2D eigenvalue weighted by molar-refractivity contribution is 6.42. The summed E-state index contributed by atoms with van der Waals surface area (Å²) in [5.41, 5.74) is 3.65. The molecule has 2 heterocycles. The number of nitrogens with one attached hydrogen (secondary N) is 2. The van der Waals surface area contributed by atoms with Gasteiger partial charge >= 0.3 is 0 Å². The molecule has 0 unspecified atom stereocenters. The predicted octanol–water partition coefficient (Wildman–Crippen LogP) is 2.45. The van der Waals surface area contributed by atoms with Gasteiger partial charge in [0.05, 0.1) is 10.0 Å². The Hall–Kier alpha value is -2.65. The van der Waals surface area contributed by atoms with Gasteiger partial charge in [0.1, 0.15) is 12.7 Å². The van der Waals surface area contributed by atoms with Crippen LogP contribution in [0.2, 0.25) is 10.0 Å². The molecule has 0 aliphatic carbocycles. The van der Waals surface area contributed by atoms with Crippen LogP contribution in [0.15, 0.2) is 30.9 Å². The molecule has 0 spiro atoms. The Morgan fingerprint density at radius 2 is 1.67 bits per heavy atom. The monoisotopic (exact) mass is 365 g/mol. The third-order valence-electron chi connectivity index (χ3n) is 2.85. The molecule has 0 saturated carbocycles. The van der Waals surface area contributed by atoms with Crippen LogP contribution in [0.4, 0.5) is 23.5 Å². The summed E-state index contributed by atoms with van der Waals surface area (Å²) in [6.07, 6.45) is 2.98. The van der Waals surface area contributed by atoms with Crippen LogP contribution in [-0.2, 0) is 0 Å². The molecule has 0 atom stereocenters. The van der Waals surface area contributed by atoms with Crippen LogP contribution in [0, 0.1) is 0 Å². The minimum absolute atomic E-state index is 0.330. The molecule has 0 amide bonds. The van der Waals surface area contributed by atoms with E-state index in [9.17, 15) is 0 Å². The van der Waals surface area contributed by atoms with Gasteiger partial charge in [0, 0.05) is 19.8 Å². The van der Waals surface area contributed by atoms with Crippen LogP contribution in [-0.4, -0.2) is 43.9 Å². The van der Waals surface area contributed by atoms with Crippen molar-refractivity contribution in [3.63, 3.8) is 0 Å². The topological polar surface area (TPSA) is 96.7 Å². The normalized spacial score (nSPS) is 10.5. The Labute approximate surface area is 147 Å². The van der Waals surface area contributed by atoms with Gasteiger partial charge < -0.3 is 10.2 Å². The van der Waals surface area contributed by atoms with Crippen molar-refractivity contribution in [1.29, 1.82) is 0 Å². The molecular weight excluding hydrogens is 353 g/mol. The molecule has 0 aliphatic heterocycles. The molecular formula is C13H13Cl2N9. The van der Waals surface area contributed by atoms with Crippen molar-refractivity contribution in [3.05, 3.63) is 40.9 Å². The van der Waals surface area contributed by atoms with Gasteiger partial charge in [-0.05, 0) is 18.2 Å². The van der Waals surface area contributed by atoms with Crippen LogP contribution in [0.25, 0.3) is 0 Å². The molecule has 0 fully saturated rings. The lowest BCUT2D eigenvalue weighted by Crippen LogP contribution is -2.17. The summed E-state index contributed by atoms with van der Waals surface area (Å²) in [6.45, 7) is 0. The standard InChI is InChI=1S/C13H13Cl2N9/c1-23(2)13-20-11(18-8-3-4-9(14)10(15)5-8)19-12(21-13)22-24-6-16-17-7-24/h3-7H,1-2H3,(H2,18,19,20,21,22). The zero-order chi connectivity index (χ0) is 17.1. The fourth-order valence-corrected chi connectivity index (χ4v) is 2.05. The summed E-state index contributed by atoms with van der Waals surface area (Å²) >= 11 is 11.9. The Balaban J connectivity index is 1.90. The zero-order valence-electron chi connectivity index (χ0n) is 12.8. The third kappa shape index (κ3) is 3.81. The quantitative estimate of drug-likeness (QED) is 0.711. The fourth-order valence-electron chi connectivity index (χ4n) is 1.75. The molecule has 0 aliphatic rings. The summed E-state index contributed by atoms with van der Waals surface area (Å²) in [5, 5.41) is 11.4. The van der Waals surface area contributed by atoms with Crippen molar-refractivity contribution in [1.82, 2.24) is 29.8 Å². The first kappa shape index (κ1) is 16.2.